The molecule has 3 aromatic heterocycles. The number of ether oxygens (including phenoxy) is 1. The van der Waals surface area contributed by atoms with Gasteiger partial charge in [0.25, 0.3) is 0 Å². The van der Waals surface area contributed by atoms with Crippen LogP contribution in [0.15, 0.2) is 74.6 Å². The lowest BCUT2D eigenvalue weighted by atomic mass is 10.1. The van der Waals surface area contributed by atoms with Crippen LogP contribution >= 0.6 is 0 Å². The van der Waals surface area contributed by atoms with Crippen molar-refractivity contribution < 1.29 is 26.7 Å². The number of nitrogens with zero attached hydrogens (tertiary/aromatic N) is 3. The summed E-state index contributed by atoms with van der Waals surface area (Å²) in [5.74, 6) is 0.257. The van der Waals surface area contributed by atoms with Gasteiger partial charge >= 0.3 is 11.8 Å². The maximum atomic E-state index is 12.9. The van der Waals surface area contributed by atoms with Gasteiger partial charge in [0.15, 0.2) is 11.2 Å². The SMILES string of the molecule is O=c1ccc2cc3ccoc3c(OCc3cn(Cc4cccc(C(F)(F)F)c4)nn3)c2o1. The van der Waals surface area contributed by atoms with E-state index in [9.17, 15) is 18.0 Å². The third-order valence-electron chi connectivity index (χ3n) is 4.83. The third-order valence-corrected chi connectivity index (χ3v) is 4.83. The predicted octanol–water partition coefficient (Wildman–Crippen LogP) is 4.78. The molecule has 0 aliphatic rings. The quantitative estimate of drug-likeness (QED) is 0.365. The van der Waals surface area contributed by atoms with Gasteiger partial charge in [-0.15, -0.1) is 5.10 Å². The molecule has 2 aromatic carbocycles. The number of fused-ring (bicyclic) bond motifs is 2. The van der Waals surface area contributed by atoms with Crippen molar-refractivity contribution in [3.63, 3.8) is 0 Å². The summed E-state index contributed by atoms with van der Waals surface area (Å²) in [6, 6.07) is 11.5. The number of halogens is 3. The molecular formula is C22H14F3N3O4. The molecule has 0 amide bonds. The molecular weight excluding hydrogens is 427 g/mol. The number of aromatic nitrogens is 3. The number of rotatable bonds is 5. The highest BCUT2D eigenvalue weighted by Crippen LogP contribution is 2.35. The first kappa shape index (κ1) is 19.9. The first-order chi connectivity index (χ1) is 15.4. The van der Waals surface area contributed by atoms with Crippen LogP contribution in [0.3, 0.4) is 0 Å². The first-order valence-electron chi connectivity index (χ1n) is 9.49. The molecule has 32 heavy (non-hydrogen) atoms. The molecule has 0 aliphatic heterocycles. The van der Waals surface area contributed by atoms with Crippen molar-refractivity contribution in [1.82, 2.24) is 15.0 Å². The molecule has 10 heteroatoms. The average molecular weight is 441 g/mol. The molecule has 162 valence electrons. The van der Waals surface area contributed by atoms with E-state index in [0.717, 1.165) is 17.5 Å². The largest absolute Gasteiger partial charge is 0.480 e. The fraction of sp³-hybridized carbons (Fsp3) is 0.136. The van der Waals surface area contributed by atoms with E-state index >= 15 is 0 Å². The molecule has 0 saturated heterocycles. The summed E-state index contributed by atoms with van der Waals surface area (Å²) < 4.78 is 56.8. The maximum absolute atomic E-state index is 12.9. The average Bonchev–Trinajstić information content (AvgIpc) is 3.40. The van der Waals surface area contributed by atoms with Crippen molar-refractivity contribution in [1.29, 1.82) is 0 Å². The molecule has 0 spiro atoms. The maximum Gasteiger partial charge on any atom is 0.416 e. The van der Waals surface area contributed by atoms with Crippen molar-refractivity contribution in [2.45, 2.75) is 19.3 Å². The Morgan fingerprint density at radius 1 is 1.03 bits per heavy atom. The molecule has 5 rings (SSSR count). The second-order valence-electron chi connectivity index (χ2n) is 7.11. The van der Waals surface area contributed by atoms with Crippen LogP contribution in [-0.2, 0) is 19.3 Å². The van der Waals surface area contributed by atoms with Gasteiger partial charge in [-0.05, 0) is 35.9 Å². The van der Waals surface area contributed by atoms with Gasteiger partial charge in [0.05, 0.1) is 24.6 Å². The number of hydrogen-bond donors (Lipinski definition) is 0. The Morgan fingerprint density at radius 3 is 2.72 bits per heavy atom. The highest BCUT2D eigenvalue weighted by molar-refractivity contribution is 5.99. The fourth-order valence-corrected chi connectivity index (χ4v) is 3.40. The Balaban J connectivity index is 1.38. The van der Waals surface area contributed by atoms with E-state index in [4.69, 9.17) is 13.6 Å². The number of furan rings is 1. The molecule has 7 nitrogen and oxygen atoms in total. The van der Waals surface area contributed by atoms with Gasteiger partial charge < -0.3 is 13.6 Å². The first-order valence-corrected chi connectivity index (χ1v) is 9.49. The molecule has 0 fully saturated rings. The minimum absolute atomic E-state index is 0.0177. The topological polar surface area (TPSA) is 83.3 Å². The monoisotopic (exact) mass is 441 g/mol. The van der Waals surface area contributed by atoms with Crippen molar-refractivity contribution >= 4 is 21.9 Å². The second-order valence-corrected chi connectivity index (χ2v) is 7.11. The molecule has 0 radical (unpaired) electrons. The predicted molar refractivity (Wildman–Crippen MR) is 107 cm³/mol. The van der Waals surface area contributed by atoms with E-state index in [2.05, 4.69) is 10.3 Å². The van der Waals surface area contributed by atoms with Crippen LogP contribution in [0.4, 0.5) is 13.2 Å². The second kappa shape index (κ2) is 7.56. The lowest BCUT2D eigenvalue weighted by molar-refractivity contribution is -0.137. The lowest BCUT2D eigenvalue weighted by Gasteiger charge is -2.08. The zero-order valence-corrected chi connectivity index (χ0v) is 16.3. The third kappa shape index (κ3) is 3.82. The van der Waals surface area contributed by atoms with E-state index in [1.165, 1.54) is 23.1 Å². The minimum Gasteiger partial charge on any atom is -0.480 e. The van der Waals surface area contributed by atoms with Gasteiger partial charge in [-0.2, -0.15) is 13.2 Å². The number of alkyl halides is 3. The van der Waals surface area contributed by atoms with E-state index in [0.29, 0.717) is 22.2 Å². The minimum atomic E-state index is -4.41. The molecule has 0 unspecified atom stereocenters. The molecule has 3 heterocycles. The smallest absolute Gasteiger partial charge is 0.416 e. The van der Waals surface area contributed by atoms with Crippen LogP contribution in [0.1, 0.15) is 16.8 Å². The highest BCUT2D eigenvalue weighted by Gasteiger charge is 2.30. The molecule has 5 aromatic rings. The van der Waals surface area contributed by atoms with Crippen molar-refractivity contribution in [3.05, 3.63) is 88.2 Å². The zero-order valence-electron chi connectivity index (χ0n) is 16.3. The van der Waals surface area contributed by atoms with E-state index < -0.39 is 17.4 Å². The summed E-state index contributed by atoms with van der Waals surface area (Å²) in [6.45, 7) is 0.0958. The summed E-state index contributed by atoms with van der Waals surface area (Å²) in [6.07, 6.45) is -1.34. The van der Waals surface area contributed by atoms with Gasteiger partial charge in [0.2, 0.25) is 5.75 Å². The van der Waals surface area contributed by atoms with Crippen LogP contribution in [0, 0.1) is 0 Å². The molecule has 0 atom stereocenters. The Kier molecular flexibility index (Phi) is 4.69. The summed E-state index contributed by atoms with van der Waals surface area (Å²) >= 11 is 0. The molecule has 0 aliphatic carbocycles. The number of benzene rings is 2. The van der Waals surface area contributed by atoms with E-state index in [1.54, 1.807) is 24.4 Å². The normalized spacial score (nSPS) is 12.0. The van der Waals surface area contributed by atoms with Gasteiger partial charge in [-0.25, -0.2) is 9.48 Å². The highest BCUT2D eigenvalue weighted by atomic mass is 19.4. The van der Waals surface area contributed by atoms with Gasteiger partial charge in [-0.1, -0.05) is 17.3 Å². The Morgan fingerprint density at radius 2 is 1.88 bits per heavy atom. The van der Waals surface area contributed by atoms with E-state index in [-0.39, 0.29) is 24.5 Å². The molecule has 0 saturated carbocycles. The zero-order chi connectivity index (χ0) is 22.3. The Labute approximate surface area is 177 Å². The van der Waals surface area contributed by atoms with Crippen LogP contribution in [0.2, 0.25) is 0 Å². The fourth-order valence-electron chi connectivity index (χ4n) is 3.40. The van der Waals surface area contributed by atoms with E-state index in [1.807, 2.05) is 6.07 Å². The summed E-state index contributed by atoms with van der Waals surface area (Å²) in [5, 5.41) is 9.40. The summed E-state index contributed by atoms with van der Waals surface area (Å²) in [5.41, 5.74) is 0.288. The number of hydrogen-bond acceptors (Lipinski definition) is 6. The van der Waals surface area contributed by atoms with Gasteiger partial charge in [0.1, 0.15) is 12.3 Å². The van der Waals surface area contributed by atoms with Crippen LogP contribution in [-0.4, -0.2) is 15.0 Å². The van der Waals surface area contributed by atoms with Crippen LogP contribution in [0.5, 0.6) is 5.75 Å². The van der Waals surface area contributed by atoms with Crippen molar-refractivity contribution in [2.75, 3.05) is 0 Å². The summed E-state index contributed by atoms with van der Waals surface area (Å²) in [7, 11) is 0. The Bertz CT molecular complexity index is 1480. The van der Waals surface area contributed by atoms with Crippen LogP contribution < -0.4 is 10.4 Å². The lowest BCUT2D eigenvalue weighted by Crippen LogP contribution is -2.07. The molecule has 0 N–H and O–H groups in total. The summed E-state index contributed by atoms with van der Waals surface area (Å²) in [4.78, 5) is 11.7. The Hall–Kier alpha value is -4.08. The van der Waals surface area contributed by atoms with Crippen molar-refractivity contribution in [3.8, 4) is 5.75 Å². The molecule has 0 bridgehead atoms. The van der Waals surface area contributed by atoms with Gasteiger partial charge in [0, 0.05) is 16.8 Å². The standard InChI is InChI=1S/C22H14F3N3O4/c23-22(24,25)16-3-1-2-13(8-16)10-28-11-17(26-27-28)12-31-21-19-15(6-7-30-19)9-14-4-5-18(29)32-20(14)21/h1-9,11H,10,12H2. The van der Waals surface area contributed by atoms with Crippen molar-refractivity contribution in [2.24, 2.45) is 0 Å². The van der Waals surface area contributed by atoms with Gasteiger partial charge in [-0.3, -0.25) is 0 Å². The van der Waals surface area contributed by atoms with Crippen LogP contribution in [0.25, 0.3) is 21.9 Å².